The number of amides is 1. The number of esters is 1. The number of alkyl carbamates (subject to hydrolysis) is 1. The number of aryl methyl sites for hydroxylation is 1. The highest BCUT2D eigenvalue weighted by Gasteiger charge is 2.46. The third kappa shape index (κ3) is 4.29. The van der Waals surface area contributed by atoms with Crippen LogP contribution in [0.15, 0.2) is 65.5 Å². The zero-order valence-corrected chi connectivity index (χ0v) is 27.9. The highest BCUT2D eigenvalue weighted by molar-refractivity contribution is 5.94. The molecule has 0 saturated heterocycles. The summed E-state index contributed by atoms with van der Waals surface area (Å²) in [6, 6.07) is 19.0. The molecule has 10 rings (SSSR count). The van der Waals surface area contributed by atoms with E-state index in [0.29, 0.717) is 29.7 Å². The van der Waals surface area contributed by atoms with E-state index in [1.54, 1.807) is 17.6 Å². The number of carbonyl (C=O) groups is 2. The van der Waals surface area contributed by atoms with E-state index in [-0.39, 0.29) is 60.5 Å². The summed E-state index contributed by atoms with van der Waals surface area (Å²) < 4.78 is 28.7. The van der Waals surface area contributed by atoms with Crippen molar-refractivity contribution in [1.29, 1.82) is 0 Å². The molecule has 2 aromatic heterocycles. The summed E-state index contributed by atoms with van der Waals surface area (Å²) in [7, 11) is 0. The standard InChI is InChI=1S/C41H34FN3O6/c1-2-41(49)29-15-33-37-26(17-45(33)38(46)28(29)19-50-39(41)47)36-31(14-13-25-34(20-11-12-20)30(42)16-32(43-37)35(25)36)44-40(48)51-18-27-23-9-5-3-7-21(23)22-8-4-6-10-24(22)27/h3-10,15-16,20,27,31,49H,2,11-14,17-19H2,1H3,(H,44,48)/t31?,41-/m0/s1. The molecule has 256 valence electrons. The van der Waals surface area contributed by atoms with Crippen LogP contribution in [0.3, 0.4) is 0 Å². The number of nitrogens with one attached hydrogen (secondary N) is 1. The lowest BCUT2D eigenvalue weighted by Crippen LogP contribution is -2.44. The molecule has 5 aliphatic rings. The van der Waals surface area contributed by atoms with Crippen molar-refractivity contribution in [3.05, 3.63) is 121 Å². The lowest BCUT2D eigenvalue weighted by molar-refractivity contribution is -0.172. The van der Waals surface area contributed by atoms with Gasteiger partial charge < -0.3 is 24.5 Å². The van der Waals surface area contributed by atoms with E-state index in [1.807, 2.05) is 24.3 Å². The molecule has 2 N–H and O–H groups in total. The van der Waals surface area contributed by atoms with Gasteiger partial charge in [-0.05, 0) is 83.0 Å². The van der Waals surface area contributed by atoms with Crippen molar-refractivity contribution in [1.82, 2.24) is 14.9 Å². The summed E-state index contributed by atoms with van der Waals surface area (Å²) in [6.45, 7) is 1.76. The van der Waals surface area contributed by atoms with E-state index in [1.165, 1.54) is 6.07 Å². The Labute approximate surface area is 292 Å². The predicted octanol–water partition coefficient (Wildman–Crippen LogP) is 6.62. The van der Waals surface area contributed by atoms with Crippen molar-refractivity contribution in [2.24, 2.45) is 0 Å². The van der Waals surface area contributed by atoms with Crippen LogP contribution in [-0.2, 0) is 39.4 Å². The molecule has 1 saturated carbocycles. The first-order valence-corrected chi connectivity index (χ1v) is 17.7. The number of hydrogen-bond donors (Lipinski definition) is 2. The number of carbonyl (C=O) groups excluding carboxylic acids is 2. The van der Waals surface area contributed by atoms with E-state index in [4.69, 9.17) is 14.5 Å². The molecule has 4 heterocycles. The molecule has 1 unspecified atom stereocenters. The van der Waals surface area contributed by atoms with Crippen molar-refractivity contribution in [2.45, 2.75) is 75.7 Å². The summed E-state index contributed by atoms with van der Waals surface area (Å²) >= 11 is 0. The zero-order valence-electron chi connectivity index (χ0n) is 27.9. The van der Waals surface area contributed by atoms with Crippen LogP contribution in [0, 0.1) is 5.82 Å². The van der Waals surface area contributed by atoms with Gasteiger partial charge in [-0.15, -0.1) is 0 Å². The van der Waals surface area contributed by atoms with Crippen molar-refractivity contribution in [2.75, 3.05) is 6.61 Å². The number of benzene rings is 3. The molecule has 2 aliphatic heterocycles. The number of aromatic nitrogens is 2. The predicted molar refractivity (Wildman–Crippen MR) is 186 cm³/mol. The maximum Gasteiger partial charge on any atom is 0.407 e. The Morgan fingerprint density at radius 3 is 2.45 bits per heavy atom. The first-order chi connectivity index (χ1) is 24.8. The topological polar surface area (TPSA) is 120 Å². The largest absolute Gasteiger partial charge is 0.458 e. The molecule has 51 heavy (non-hydrogen) atoms. The van der Waals surface area contributed by atoms with Crippen LogP contribution in [0.5, 0.6) is 0 Å². The van der Waals surface area contributed by atoms with Gasteiger partial charge in [-0.25, -0.2) is 19.0 Å². The highest BCUT2D eigenvalue weighted by Crippen LogP contribution is 2.51. The van der Waals surface area contributed by atoms with E-state index in [2.05, 4.69) is 29.6 Å². The van der Waals surface area contributed by atoms with Gasteiger partial charge in [0.1, 0.15) is 19.0 Å². The molecule has 3 aliphatic carbocycles. The zero-order chi connectivity index (χ0) is 34.8. The van der Waals surface area contributed by atoms with Crippen LogP contribution in [0.25, 0.3) is 33.4 Å². The average Bonchev–Trinajstić information content (AvgIpc) is 3.83. The molecular weight excluding hydrogens is 649 g/mol. The minimum atomic E-state index is -1.97. The van der Waals surface area contributed by atoms with Gasteiger partial charge in [0.15, 0.2) is 5.60 Å². The monoisotopic (exact) mass is 683 g/mol. The molecule has 5 aromatic rings. The van der Waals surface area contributed by atoms with Gasteiger partial charge >= 0.3 is 12.1 Å². The number of hydrogen-bond acceptors (Lipinski definition) is 7. The van der Waals surface area contributed by atoms with Gasteiger partial charge in [-0.2, -0.15) is 0 Å². The Balaban J connectivity index is 1.06. The first kappa shape index (κ1) is 30.5. The molecule has 2 atom stereocenters. The number of aliphatic hydroxyl groups is 1. The van der Waals surface area contributed by atoms with Crippen LogP contribution in [-0.4, -0.2) is 33.3 Å². The van der Waals surface area contributed by atoms with Gasteiger partial charge in [-0.1, -0.05) is 55.5 Å². The average molecular weight is 684 g/mol. The van der Waals surface area contributed by atoms with Crippen molar-refractivity contribution >= 4 is 23.0 Å². The minimum Gasteiger partial charge on any atom is -0.458 e. The molecule has 0 spiro atoms. The van der Waals surface area contributed by atoms with Gasteiger partial charge in [0.2, 0.25) is 0 Å². The second-order valence-electron chi connectivity index (χ2n) is 14.4. The van der Waals surface area contributed by atoms with E-state index >= 15 is 4.39 Å². The van der Waals surface area contributed by atoms with Gasteiger partial charge in [0.05, 0.1) is 35.1 Å². The van der Waals surface area contributed by atoms with Crippen LogP contribution in [0.2, 0.25) is 0 Å². The molecule has 1 fully saturated rings. The number of cyclic esters (lactones) is 1. The number of fused-ring (bicyclic) bond motifs is 8. The van der Waals surface area contributed by atoms with E-state index in [9.17, 15) is 19.5 Å². The van der Waals surface area contributed by atoms with Gasteiger partial charge in [0, 0.05) is 28.5 Å². The minimum absolute atomic E-state index is 0.0234. The van der Waals surface area contributed by atoms with Crippen LogP contribution in [0.4, 0.5) is 9.18 Å². The Hall–Kier alpha value is -5.35. The number of halogens is 1. The smallest absolute Gasteiger partial charge is 0.407 e. The molecule has 0 radical (unpaired) electrons. The highest BCUT2D eigenvalue weighted by atomic mass is 19.1. The quantitative estimate of drug-likeness (QED) is 0.196. The third-order valence-corrected chi connectivity index (χ3v) is 11.8. The second-order valence-corrected chi connectivity index (χ2v) is 14.4. The summed E-state index contributed by atoms with van der Waals surface area (Å²) in [6.07, 6.45) is 2.41. The van der Waals surface area contributed by atoms with Crippen LogP contribution in [0.1, 0.15) is 95.0 Å². The molecule has 9 nitrogen and oxygen atoms in total. The van der Waals surface area contributed by atoms with Crippen molar-refractivity contribution < 1.29 is 28.6 Å². The second kappa shape index (κ2) is 10.8. The Bertz CT molecular complexity index is 2410. The van der Waals surface area contributed by atoms with Gasteiger partial charge in [0.25, 0.3) is 5.56 Å². The van der Waals surface area contributed by atoms with Crippen LogP contribution < -0.4 is 10.9 Å². The fourth-order valence-electron chi connectivity index (χ4n) is 9.16. The molecular formula is C41H34FN3O6. The first-order valence-electron chi connectivity index (χ1n) is 17.7. The fourth-order valence-corrected chi connectivity index (χ4v) is 9.16. The third-order valence-electron chi connectivity index (χ3n) is 11.8. The molecule has 1 amide bonds. The number of rotatable bonds is 5. The maximum absolute atomic E-state index is 15.8. The summed E-state index contributed by atoms with van der Waals surface area (Å²) in [5.74, 6) is -1.02. The van der Waals surface area contributed by atoms with Gasteiger partial charge in [-0.3, -0.25) is 4.79 Å². The maximum atomic E-state index is 15.8. The Morgan fingerprint density at radius 1 is 1.02 bits per heavy atom. The number of ether oxygens (including phenoxy) is 2. The Morgan fingerprint density at radius 2 is 1.75 bits per heavy atom. The molecule has 3 aromatic carbocycles. The van der Waals surface area contributed by atoms with Crippen molar-refractivity contribution in [3.8, 4) is 22.5 Å². The fraction of sp³-hybridized carbons (Fsp3) is 0.317. The number of pyridine rings is 2. The van der Waals surface area contributed by atoms with Crippen molar-refractivity contribution in [3.63, 3.8) is 0 Å². The van der Waals surface area contributed by atoms with E-state index in [0.717, 1.165) is 62.7 Å². The number of nitrogens with zero attached hydrogens (tertiary/aromatic N) is 2. The normalized spacial score (nSPS) is 21.0. The van der Waals surface area contributed by atoms with E-state index < -0.39 is 23.7 Å². The molecule has 10 heteroatoms. The molecule has 0 bridgehead atoms. The summed E-state index contributed by atoms with van der Waals surface area (Å²) in [5, 5.41) is 15.3. The SMILES string of the molecule is CC[C@@]1(O)C(=O)OCc2c1cc1n(c2=O)Cc2c-1nc1cc(F)c(C3CC3)c3c1c2C(NC(=O)OCC1c2ccccc2-c2ccccc21)CC3. The van der Waals surface area contributed by atoms with Crippen LogP contribution >= 0.6 is 0 Å². The summed E-state index contributed by atoms with van der Waals surface area (Å²) in [5.41, 5.74) is 7.20. The lowest BCUT2D eigenvalue weighted by atomic mass is 9.80. The Kier molecular flexibility index (Phi) is 6.47. The lowest BCUT2D eigenvalue weighted by Gasteiger charge is -2.31. The summed E-state index contributed by atoms with van der Waals surface area (Å²) in [4.78, 5) is 45.4.